The molecule has 1 aromatic heterocycles. The van der Waals surface area contributed by atoms with Gasteiger partial charge in [-0.05, 0) is 38.5 Å². The monoisotopic (exact) mass is 246 g/mol. The molecule has 90 valence electrons. The average molecular weight is 246 g/mol. The molecule has 2 nitrogen and oxygen atoms in total. The van der Waals surface area contributed by atoms with Crippen molar-refractivity contribution in [3.8, 4) is 0 Å². The van der Waals surface area contributed by atoms with E-state index in [4.69, 9.17) is 0 Å². The highest BCUT2D eigenvalue weighted by atomic mass is 32.2. The van der Waals surface area contributed by atoms with Gasteiger partial charge in [0, 0.05) is 16.3 Å². The molecule has 17 heavy (non-hydrogen) atoms. The second-order valence-electron chi connectivity index (χ2n) is 4.18. The summed E-state index contributed by atoms with van der Waals surface area (Å²) in [5.41, 5.74) is 3.75. The third-order valence-electron chi connectivity index (χ3n) is 3.06. The van der Waals surface area contributed by atoms with Gasteiger partial charge >= 0.3 is 0 Å². The number of hydrogen-bond donors (Lipinski definition) is 0. The maximum absolute atomic E-state index is 4.54. The van der Waals surface area contributed by atoms with Gasteiger partial charge < -0.3 is 0 Å². The SMILES string of the molecule is Cc1nn(CCSc2ccccc2)c(C)c1C. The number of benzene rings is 1. The molecular formula is C14H18N2S. The van der Waals surface area contributed by atoms with E-state index < -0.39 is 0 Å². The van der Waals surface area contributed by atoms with Crippen LogP contribution in [0.15, 0.2) is 35.2 Å². The van der Waals surface area contributed by atoms with Crippen LogP contribution in [0, 0.1) is 20.8 Å². The van der Waals surface area contributed by atoms with Crippen molar-refractivity contribution < 1.29 is 0 Å². The maximum atomic E-state index is 4.54. The summed E-state index contributed by atoms with van der Waals surface area (Å²) in [6.45, 7) is 7.32. The average Bonchev–Trinajstić information content (AvgIpc) is 2.59. The second-order valence-corrected chi connectivity index (χ2v) is 5.35. The van der Waals surface area contributed by atoms with E-state index in [0.29, 0.717) is 0 Å². The third kappa shape index (κ3) is 2.91. The van der Waals surface area contributed by atoms with E-state index in [1.807, 2.05) is 11.8 Å². The van der Waals surface area contributed by atoms with E-state index >= 15 is 0 Å². The van der Waals surface area contributed by atoms with Gasteiger partial charge in [-0.1, -0.05) is 18.2 Å². The predicted octanol–water partition coefficient (Wildman–Crippen LogP) is 3.60. The lowest BCUT2D eigenvalue weighted by Gasteiger charge is -2.04. The first-order valence-corrected chi connectivity index (χ1v) is 6.85. The van der Waals surface area contributed by atoms with Crippen molar-refractivity contribution in [1.29, 1.82) is 0 Å². The summed E-state index contributed by atoms with van der Waals surface area (Å²) >= 11 is 1.88. The quantitative estimate of drug-likeness (QED) is 0.767. The van der Waals surface area contributed by atoms with Crippen LogP contribution in [0.25, 0.3) is 0 Å². The Balaban J connectivity index is 1.92. The maximum Gasteiger partial charge on any atom is 0.0625 e. The van der Waals surface area contributed by atoms with Crippen molar-refractivity contribution in [3.63, 3.8) is 0 Å². The topological polar surface area (TPSA) is 17.8 Å². The Bertz CT molecular complexity index is 488. The Kier molecular flexibility index (Phi) is 3.89. The first-order valence-electron chi connectivity index (χ1n) is 5.87. The Morgan fingerprint density at radius 2 is 1.82 bits per heavy atom. The summed E-state index contributed by atoms with van der Waals surface area (Å²) in [6.07, 6.45) is 0. The van der Waals surface area contributed by atoms with Crippen molar-refractivity contribution in [2.45, 2.75) is 32.2 Å². The van der Waals surface area contributed by atoms with Gasteiger partial charge in [0.15, 0.2) is 0 Å². The summed E-state index contributed by atoms with van der Waals surface area (Å²) in [4.78, 5) is 1.32. The largest absolute Gasteiger partial charge is 0.269 e. The lowest BCUT2D eigenvalue weighted by Crippen LogP contribution is -2.04. The highest BCUT2D eigenvalue weighted by Crippen LogP contribution is 2.18. The minimum Gasteiger partial charge on any atom is -0.269 e. The normalized spacial score (nSPS) is 10.8. The van der Waals surface area contributed by atoms with E-state index in [1.54, 1.807) is 0 Å². The van der Waals surface area contributed by atoms with Gasteiger partial charge in [0.2, 0.25) is 0 Å². The first-order chi connectivity index (χ1) is 8.18. The lowest BCUT2D eigenvalue weighted by molar-refractivity contribution is 0.640. The zero-order chi connectivity index (χ0) is 12.3. The molecule has 2 rings (SSSR count). The van der Waals surface area contributed by atoms with E-state index in [1.165, 1.54) is 16.2 Å². The highest BCUT2D eigenvalue weighted by molar-refractivity contribution is 7.99. The van der Waals surface area contributed by atoms with Crippen LogP contribution in [0.4, 0.5) is 0 Å². The Morgan fingerprint density at radius 1 is 1.12 bits per heavy atom. The highest BCUT2D eigenvalue weighted by Gasteiger charge is 2.06. The number of nitrogens with zero attached hydrogens (tertiary/aromatic N) is 2. The van der Waals surface area contributed by atoms with Crippen LogP contribution in [0.3, 0.4) is 0 Å². The molecule has 0 aliphatic heterocycles. The minimum absolute atomic E-state index is 0.972. The Hall–Kier alpha value is -1.22. The van der Waals surface area contributed by atoms with Gasteiger partial charge in [0.05, 0.1) is 12.2 Å². The Labute approximate surface area is 107 Å². The van der Waals surface area contributed by atoms with Crippen LogP contribution in [0.2, 0.25) is 0 Å². The van der Waals surface area contributed by atoms with Gasteiger partial charge in [-0.3, -0.25) is 4.68 Å². The first kappa shape index (κ1) is 12.2. The molecule has 0 radical (unpaired) electrons. The van der Waals surface area contributed by atoms with Crippen LogP contribution in [-0.4, -0.2) is 15.5 Å². The molecule has 0 saturated carbocycles. The van der Waals surface area contributed by atoms with Crippen molar-refractivity contribution in [2.24, 2.45) is 0 Å². The molecule has 0 unspecified atom stereocenters. The van der Waals surface area contributed by atoms with E-state index in [9.17, 15) is 0 Å². The minimum atomic E-state index is 0.972. The number of thioether (sulfide) groups is 1. The summed E-state index contributed by atoms with van der Waals surface area (Å²) < 4.78 is 2.11. The zero-order valence-corrected chi connectivity index (χ0v) is 11.4. The molecule has 0 N–H and O–H groups in total. The molecule has 1 aromatic carbocycles. The fourth-order valence-corrected chi connectivity index (χ4v) is 2.62. The molecule has 2 aromatic rings. The molecule has 3 heteroatoms. The number of aryl methyl sites for hydroxylation is 2. The van der Waals surface area contributed by atoms with Crippen molar-refractivity contribution >= 4 is 11.8 Å². The number of hydrogen-bond acceptors (Lipinski definition) is 2. The molecule has 0 amide bonds. The van der Waals surface area contributed by atoms with Crippen molar-refractivity contribution in [2.75, 3.05) is 5.75 Å². The molecule has 1 heterocycles. The van der Waals surface area contributed by atoms with Gasteiger partial charge in [-0.2, -0.15) is 5.10 Å². The molecule has 0 bridgehead atoms. The summed E-state index contributed by atoms with van der Waals surface area (Å²) in [5.74, 6) is 1.06. The molecule has 0 atom stereocenters. The van der Waals surface area contributed by atoms with Crippen LogP contribution >= 0.6 is 11.8 Å². The van der Waals surface area contributed by atoms with Crippen LogP contribution in [0.1, 0.15) is 17.0 Å². The van der Waals surface area contributed by atoms with Crippen LogP contribution in [-0.2, 0) is 6.54 Å². The number of rotatable bonds is 4. The van der Waals surface area contributed by atoms with E-state index in [2.05, 4.69) is 60.9 Å². The molecule has 0 aliphatic rings. The summed E-state index contributed by atoms with van der Waals surface area (Å²) in [5, 5.41) is 4.54. The molecule has 0 saturated heterocycles. The van der Waals surface area contributed by atoms with Gasteiger partial charge in [-0.15, -0.1) is 11.8 Å². The van der Waals surface area contributed by atoms with Crippen molar-refractivity contribution in [1.82, 2.24) is 9.78 Å². The molecule has 0 aliphatic carbocycles. The van der Waals surface area contributed by atoms with E-state index in [0.717, 1.165) is 18.0 Å². The van der Waals surface area contributed by atoms with E-state index in [-0.39, 0.29) is 0 Å². The molecule has 0 fully saturated rings. The molecular weight excluding hydrogens is 228 g/mol. The fourth-order valence-electron chi connectivity index (χ4n) is 1.77. The summed E-state index contributed by atoms with van der Waals surface area (Å²) in [6, 6.07) is 10.5. The van der Waals surface area contributed by atoms with Crippen LogP contribution < -0.4 is 0 Å². The zero-order valence-electron chi connectivity index (χ0n) is 10.6. The van der Waals surface area contributed by atoms with Gasteiger partial charge in [0.1, 0.15) is 0 Å². The van der Waals surface area contributed by atoms with Crippen LogP contribution in [0.5, 0.6) is 0 Å². The van der Waals surface area contributed by atoms with Crippen molar-refractivity contribution in [3.05, 3.63) is 47.3 Å². The summed E-state index contributed by atoms with van der Waals surface area (Å²) in [7, 11) is 0. The fraction of sp³-hybridized carbons (Fsp3) is 0.357. The smallest absolute Gasteiger partial charge is 0.0625 e. The lowest BCUT2D eigenvalue weighted by atomic mass is 10.2. The van der Waals surface area contributed by atoms with Gasteiger partial charge in [0.25, 0.3) is 0 Å². The number of aromatic nitrogens is 2. The predicted molar refractivity (Wildman–Crippen MR) is 73.6 cm³/mol. The standard InChI is InChI=1S/C14H18N2S/c1-11-12(2)15-16(13(11)3)9-10-17-14-7-5-4-6-8-14/h4-8H,9-10H2,1-3H3. The third-order valence-corrected chi connectivity index (χ3v) is 4.05. The molecule has 0 spiro atoms. The van der Waals surface area contributed by atoms with Gasteiger partial charge in [-0.25, -0.2) is 0 Å². The second kappa shape index (κ2) is 5.41. The Morgan fingerprint density at radius 3 is 2.41 bits per heavy atom.